The van der Waals surface area contributed by atoms with E-state index in [0.29, 0.717) is 6.42 Å². The maximum absolute atomic E-state index is 12.1. The fourth-order valence-corrected chi connectivity index (χ4v) is 2.22. The second-order valence-corrected chi connectivity index (χ2v) is 4.63. The van der Waals surface area contributed by atoms with E-state index < -0.39 is 6.04 Å². The van der Waals surface area contributed by atoms with E-state index in [4.69, 9.17) is 5.73 Å². The summed E-state index contributed by atoms with van der Waals surface area (Å²) in [6, 6.07) is -0.634. The second kappa shape index (κ2) is 5.96. The average Bonchev–Trinajstić information content (AvgIpc) is 2.54. The van der Waals surface area contributed by atoms with E-state index in [1.54, 1.807) is 6.08 Å². The third-order valence-corrected chi connectivity index (χ3v) is 3.14. The zero-order valence-electron chi connectivity index (χ0n) is 10.9. The lowest BCUT2D eigenvalue weighted by molar-refractivity contribution is -0.143. The molecule has 4 nitrogen and oxygen atoms in total. The Labute approximate surface area is 103 Å². The van der Waals surface area contributed by atoms with Crippen molar-refractivity contribution in [3.8, 4) is 0 Å². The van der Waals surface area contributed by atoms with Gasteiger partial charge in [0.1, 0.15) is 0 Å². The maximum Gasteiger partial charge on any atom is 0.253 e. The van der Waals surface area contributed by atoms with Gasteiger partial charge >= 0.3 is 0 Å². The molecule has 1 aliphatic heterocycles. The highest BCUT2D eigenvalue weighted by Crippen LogP contribution is 2.24. The molecule has 0 aromatic heterocycles. The minimum Gasteiger partial charge on any atom is -0.320 e. The van der Waals surface area contributed by atoms with Gasteiger partial charge in [-0.3, -0.25) is 14.5 Å². The first kappa shape index (κ1) is 13.9. The molecule has 2 N–H and O–H groups in total. The molecule has 0 saturated carbocycles. The van der Waals surface area contributed by atoms with Crippen molar-refractivity contribution in [1.82, 2.24) is 4.90 Å². The Morgan fingerprint density at radius 1 is 1.47 bits per heavy atom. The smallest absolute Gasteiger partial charge is 0.253 e. The maximum atomic E-state index is 12.1. The molecule has 0 spiro atoms. The molecular weight excluding hydrogens is 216 g/mol. The number of amides is 2. The van der Waals surface area contributed by atoms with E-state index in [9.17, 15) is 9.59 Å². The standard InChI is InChI=1S/C13H22N2O2/c1-4-6-10(14)13(17)15-11(7-5-2)9(3)8-12(15)16/h8,10-11H,4-7,14H2,1-3H3/t10-,11-/m1/s1. The Morgan fingerprint density at radius 3 is 2.65 bits per heavy atom. The Bertz CT molecular complexity index is 336. The summed E-state index contributed by atoms with van der Waals surface area (Å²) in [6.45, 7) is 5.92. The monoisotopic (exact) mass is 238 g/mol. The van der Waals surface area contributed by atoms with E-state index in [2.05, 4.69) is 0 Å². The van der Waals surface area contributed by atoms with Gasteiger partial charge in [-0.05, 0) is 25.3 Å². The summed E-state index contributed by atoms with van der Waals surface area (Å²) < 4.78 is 0. The van der Waals surface area contributed by atoms with Gasteiger partial charge in [0.2, 0.25) is 5.91 Å². The van der Waals surface area contributed by atoms with Crippen LogP contribution in [0.15, 0.2) is 11.6 Å². The summed E-state index contributed by atoms with van der Waals surface area (Å²) in [4.78, 5) is 25.3. The molecule has 17 heavy (non-hydrogen) atoms. The molecule has 0 fully saturated rings. The lowest BCUT2D eigenvalue weighted by atomic mass is 10.0. The molecule has 0 radical (unpaired) electrons. The summed E-state index contributed by atoms with van der Waals surface area (Å²) in [5, 5.41) is 0. The number of rotatable bonds is 5. The van der Waals surface area contributed by atoms with Crippen molar-refractivity contribution < 1.29 is 9.59 Å². The summed E-state index contributed by atoms with van der Waals surface area (Å²) in [6.07, 6.45) is 4.78. The van der Waals surface area contributed by atoms with Gasteiger partial charge in [0.15, 0.2) is 0 Å². The van der Waals surface area contributed by atoms with Crippen LogP contribution in [-0.4, -0.2) is 28.8 Å². The quantitative estimate of drug-likeness (QED) is 0.791. The normalized spacial score (nSPS) is 21.6. The molecule has 0 unspecified atom stereocenters. The van der Waals surface area contributed by atoms with Crippen molar-refractivity contribution in [1.29, 1.82) is 0 Å². The molecule has 0 bridgehead atoms. The van der Waals surface area contributed by atoms with Gasteiger partial charge in [-0.25, -0.2) is 0 Å². The lowest BCUT2D eigenvalue weighted by Gasteiger charge is -2.26. The van der Waals surface area contributed by atoms with Crippen LogP contribution in [0.1, 0.15) is 46.5 Å². The van der Waals surface area contributed by atoms with Gasteiger partial charge in [-0.15, -0.1) is 0 Å². The van der Waals surface area contributed by atoms with Crippen molar-refractivity contribution in [3.63, 3.8) is 0 Å². The number of hydrogen-bond acceptors (Lipinski definition) is 3. The molecule has 0 aromatic rings. The van der Waals surface area contributed by atoms with Crippen LogP contribution in [0.5, 0.6) is 0 Å². The van der Waals surface area contributed by atoms with E-state index in [0.717, 1.165) is 24.8 Å². The van der Waals surface area contributed by atoms with Crippen LogP contribution in [-0.2, 0) is 9.59 Å². The fraction of sp³-hybridized carbons (Fsp3) is 0.692. The van der Waals surface area contributed by atoms with Crippen LogP contribution < -0.4 is 5.73 Å². The highest BCUT2D eigenvalue weighted by atomic mass is 16.2. The van der Waals surface area contributed by atoms with E-state index in [1.165, 1.54) is 4.90 Å². The Morgan fingerprint density at radius 2 is 2.12 bits per heavy atom. The lowest BCUT2D eigenvalue weighted by Crippen LogP contribution is -2.48. The molecule has 1 rings (SSSR count). The van der Waals surface area contributed by atoms with Crippen LogP contribution >= 0.6 is 0 Å². The molecular formula is C13H22N2O2. The first-order chi connectivity index (χ1) is 8.02. The zero-order chi connectivity index (χ0) is 13.0. The van der Waals surface area contributed by atoms with E-state index in [-0.39, 0.29) is 17.9 Å². The fourth-order valence-electron chi connectivity index (χ4n) is 2.22. The first-order valence-electron chi connectivity index (χ1n) is 6.33. The molecule has 2 atom stereocenters. The molecule has 0 aliphatic carbocycles. The Hall–Kier alpha value is -1.16. The van der Waals surface area contributed by atoms with Crippen LogP contribution in [0.3, 0.4) is 0 Å². The van der Waals surface area contributed by atoms with E-state index in [1.807, 2.05) is 20.8 Å². The predicted octanol–water partition coefficient (Wildman–Crippen LogP) is 1.60. The number of nitrogens with zero attached hydrogens (tertiary/aromatic N) is 1. The van der Waals surface area contributed by atoms with Crippen LogP contribution in [0.4, 0.5) is 0 Å². The molecule has 2 amide bonds. The van der Waals surface area contributed by atoms with Crippen LogP contribution in [0.2, 0.25) is 0 Å². The molecule has 1 aliphatic rings. The van der Waals surface area contributed by atoms with Gasteiger partial charge in [-0.2, -0.15) is 0 Å². The minimum atomic E-state index is -0.553. The highest BCUT2D eigenvalue weighted by Gasteiger charge is 2.36. The summed E-state index contributed by atoms with van der Waals surface area (Å²) >= 11 is 0. The Balaban J connectivity index is 2.81. The number of nitrogens with two attached hydrogens (primary N) is 1. The van der Waals surface area contributed by atoms with Crippen molar-refractivity contribution in [3.05, 3.63) is 11.6 Å². The molecule has 1 heterocycles. The molecule has 0 saturated heterocycles. The van der Waals surface area contributed by atoms with Crippen molar-refractivity contribution >= 4 is 11.8 Å². The topological polar surface area (TPSA) is 63.4 Å². The van der Waals surface area contributed by atoms with Crippen molar-refractivity contribution in [2.24, 2.45) is 5.73 Å². The average molecular weight is 238 g/mol. The SMILES string of the molecule is CCC[C@@H](N)C(=O)N1C(=O)C=C(C)[C@H]1CCC. The number of imide groups is 1. The molecule has 4 heteroatoms. The summed E-state index contributed by atoms with van der Waals surface area (Å²) in [5.41, 5.74) is 6.77. The molecule has 96 valence electrons. The zero-order valence-corrected chi connectivity index (χ0v) is 10.9. The Kier molecular flexibility index (Phi) is 4.87. The van der Waals surface area contributed by atoms with Crippen molar-refractivity contribution in [2.75, 3.05) is 0 Å². The van der Waals surface area contributed by atoms with Gasteiger partial charge < -0.3 is 5.73 Å². The van der Waals surface area contributed by atoms with Gasteiger partial charge in [0, 0.05) is 6.08 Å². The second-order valence-electron chi connectivity index (χ2n) is 4.63. The van der Waals surface area contributed by atoms with E-state index >= 15 is 0 Å². The van der Waals surface area contributed by atoms with Crippen LogP contribution in [0, 0.1) is 0 Å². The van der Waals surface area contributed by atoms with Gasteiger partial charge in [0.05, 0.1) is 12.1 Å². The third kappa shape index (κ3) is 2.94. The third-order valence-electron chi connectivity index (χ3n) is 3.14. The summed E-state index contributed by atoms with van der Waals surface area (Å²) in [5.74, 6) is -0.444. The first-order valence-corrected chi connectivity index (χ1v) is 6.33. The number of hydrogen-bond donors (Lipinski definition) is 1. The number of carbonyl (C=O) groups is 2. The highest BCUT2D eigenvalue weighted by molar-refractivity contribution is 6.05. The minimum absolute atomic E-state index is 0.0806. The van der Waals surface area contributed by atoms with Gasteiger partial charge in [-0.1, -0.05) is 26.7 Å². The summed E-state index contributed by atoms with van der Waals surface area (Å²) in [7, 11) is 0. The predicted molar refractivity (Wildman–Crippen MR) is 67.2 cm³/mol. The van der Waals surface area contributed by atoms with Crippen LogP contribution in [0.25, 0.3) is 0 Å². The largest absolute Gasteiger partial charge is 0.320 e. The molecule has 0 aromatic carbocycles. The van der Waals surface area contributed by atoms with Crippen molar-refractivity contribution in [2.45, 2.75) is 58.5 Å². The number of carbonyl (C=O) groups excluding carboxylic acids is 2. The van der Waals surface area contributed by atoms with Gasteiger partial charge in [0.25, 0.3) is 5.91 Å².